The molecule has 0 aromatic heterocycles. The molecule has 16 heavy (non-hydrogen) atoms. The van der Waals surface area contributed by atoms with Gasteiger partial charge in [0.2, 0.25) is 0 Å². The fourth-order valence-corrected chi connectivity index (χ4v) is 0.943. The fourth-order valence-electron chi connectivity index (χ4n) is 0.943. The molecule has 0 bridgehead atoms. The summed E-state index contributed by atoms with van der Waals surface area (Å²) in [6, 6.07) is 0. The van der Waals surface area contributed by atoms with E-state index in [2.05, 4.69) is 11.3 Å². The van der Waals surface area contributed by atoms with Crippen molar-refractivity contribution in [3.8, 4) is 0 Å². The standard InChI is InChI=1S/C11H18O5/c1-2-10(13)16-9-6-11(14)15-8-5-3-4-7-12/h2,12H,1,3-9H2. The maximum absolute atomic E-state index is 11.1. The van der Waals surface area contributed by atoms with Gasteiger partial charge in [-0.25, -0.2) is 4.79 Å². The highest BCUT2D eigenvalue weighted by Crippen LogP contribution is 1.96. The Balaban J connectivity index is 3.31. The molecule has 0 saturated carbocycles. The second-order valence-electron chi connectivity index (χ2n) is 3.13. The van der Waals surface area contributed by atoms with Crippen LogP contribution in [0.25, 0.3) is 0 Å². The first-order valence-corrected chi connectivity index (χ1v) is 5.26. The lowest BCUT2D eigenvalue weighted by Crippen LogP contribution is -2.11. The third kappa shape index (κ3) is 9.21. The Morgan fingerprint density at radius 1 is 1.12 bits per heavy atom. The summed E-state index contributed by atoms with van der Waals surface area (Å²) in [5.41, 5.74) is 0. The minimum absolute atomic E-state index is 0.0142. The van der Waals surface area contributed by atoms with Gasteiger partial charge in [0, 0.05) is 12.7 Å². The molecule has 0 amide bonds. The molecule has 0 rings (SSSR count). The number of esters is 2. The van der Waals surface area contributed by atoms with Gasteiger partial charge in [-0.2, -0.15) is 0 Å². The van der Waals surface area contributed by atoms with Gasteiger partial charge in [-0.05, 0) is 19.3 Å². The van der Waals surface area contributed by atoms with Crippen molar-refractivity contribution in [2.45, 2.75) is 25.7 Å². The Hall–Kier alpha value is -1.36. The summed E-state index contributed by atoms with van der Waals surface area (Å²) in [4.78, 5) is 21.7. The van der Waals surface area contributed by atoms with Gasteiger partial charge in [-0.15, -0.1) is 0 Å². The average Bonchev–Trinajstić information content (AvgIpc) is 2.28. The lowest BCUT2D eigenvalue weighted by molar-refractivity contribution is -0.147. The van der Waals surface area contributed by atoms with Crippen molar-refractivity contribution in [2.24, 2.45) is 0 Å². The van der Waals surface area contributed by atoms with E-state index in [4.69, 9.17) is 9.84 Å². The van der Waals surface area contributed by atoms with Gasteiger partial charge in [-0.1, -0.05) is 6.58 Å². The normalized spacial score (nSPS) is 9.56. The van der Waals surface area contributed by atoms with Crippen molar-refractivity contribution in [3.05, 3.63) is 12.7 Å². The van der Waals surface area contributed by atoms with Crippen LogP contribution in [0.15, 0.2) is 12.7 Å². The first-order valence-electron chi connectivity index (χ1n) is 5.26. The zero-order valence-electron chi connectivity index (χ0n) is 9.31. The number of hydrogen-bond acceptors (Lipinski definition) is 5. The van der Waals surface area contributed by atoms with E-state index in [1.165, 1.54) is 0 Å². The SMILES string of the molecule is C=CC(=O)OCCC(=O)OCCCCCO. The predicted molar refractivity (Wildman–Crippen MR) is 57.7 cm³/mol. The van der Waals surface area contributed by atoms with Crippen molar-refractivity contribution in [3.63, 3.8) is 0 Å². The van der Waals surface area contributed by atoms with Gasteiger partial charge >= 0.3 is 11.9 Å². The van der Waals surface area contributed by atoms with Crippen LogP contribution in [0.5, 0.6) is 0 Å². The number of ether oxygens (including phenoxy) is 2. The van der Waals surface area contributed by atoms with Gasteiger partial charge in [0.25, 0.3) is 0 Å². The Morgan fingerprint density at radius 2 is 1.88 bits per heavy atom. The Labute approximate surface area is 95.0 Å². The summed E-state index contributed by atoms with van der Waals surface area (Å²) < 4.78 is 9.48. The quantitative estimate of drug-likeness (QED) is 0.360. The second kappa shape index (κ2) is 10.2. The molecule has 0 aliphatic heterocycles. The monoisotopic (exact) mass is 230 g/mol. The Kier molecular flexibility index (Phi) is 9.30. The lowest BCUT2D eigenvalue weighted by atomic mass is 10.2. The van der Waals surface area contributed by atoms with Gasteiger partial charge in [0.05, 0.1) is 13.0 Å². The molecule has 0 aromatic rings. The van der Waals surface area contributed by atoms with E-state index in [0.29, 0.717) is 13.0 Å². The molecule has 5 nitrogen and oxygen atoms in total. The van der Waals surface area contributed by atoms with E-state index in [-0.39, 0.29) is 25.6 Å². The number of hydrogen-bond donors (Lipinski definition) is 1. The smallest absolute Gasteiger partial charge is 0.330 e. The van der Waals surface area contributed by atoms with Crippen LogP contribution in [0.2, 0.25) is 0 Å². The van der Waals surface area contributed by atoms with Crippen LogP contribution in [0.4, 0.5) is 0 Å². The highest BCUT2D eigenvalue weighted by Gasteiger charge is 2.04. The van der Waals surface area contributed by atoms with Crippen LogP contribution < -0.4 is 0 Å². The van der Waals surface area contributed by atoms with Crippen LogP contribution in [0.3, 0.4) is 0 Å². The number of carbonyl (C=O) groups is 2. The number of aliphatic hydroxyl groups is 1. The van der Waals surface area contributed by atoms with E-state index in [9.17, 15) is 9.59 Å². The molecule has 1 N–H and O–H groups in total. The molecule has 0 aliphatic rings. The number of unbranched alkanes of at least 4 members (excludes halogenated alkanes) is 2. The zero-order chi connectivity index (χ0) is 12.2. The van der Waals surface area contributed by atoms with Gasteiger partial charge < -0.3 is 14.6 Å². The second-order valence-corrected chi connectivity index (χ2v) is 3.13. The van der Waals surface area contributed by atoms with Crippen LogP contribution in [0, 0.1) is 0 Å². The topological polar surface area (TPSA) is 72.8 Å². The average molecular weight is 230 g/mol. The van der Waals surface area contributed by atoms with E-state index < -0.39 is 5.97 Å². The summed E-state index contributed by atoms with van der Waals surface area (Å²) in [6.45, 7) is 3.74. The van der Waals surface area contributed by atoms with Crippen molar-refractivity contribution >= 4 is 11.9 Å². The van der Waals surface area contributed by atoms with Crippen molar-refractivity contribution < 1.29 is 24.2 Å². The van der Waals surface area contributed by atoms with Crippen LogP contribution in [-0.2, 0) is 19.1 Å². The highest BCUT2D eigenvalue weighted by molar-refractivity contribution is 5.81. The molecule has 92 valence electrons. The molecule has 0 unspecified atom stereocenters. The first-order chi connectivity index (χ1) is 7.70. The summed E-state index contributed by atoms with van der Waals surface area (Å²) in [6.07, 6.45) is 3.38. The fraction of sp³-hybridized carbons (Fsp3) is 0.636. The molecule has 0 aromatic carbocycles. The van der Waals surface area contributed by atoms with Crippen LogP contribution in [-0.4, -0.2) is 36.9 Å². The van der Waals surface area contributed by atoms with Crippen LogP contribution in [0.1, 0.15) is 25.7 Å². The maximum Gasteiger partial charge on any atom is 0.330 e. The van der Waals surface area contributed by atoms with Crippen LogP contribution >= 0.6 is 0 Å². The molecule has 0 heterocycles. The van der Waals surface area contributed by atoms with Gasteiger partial charge in [0.1, 0.15) is 6.61 Å². The van der Waals surface area contributed by atoms with Gasteiger partial charge in [-0.3, -0.25) is 4.79 Å². The van der Waals surface area contributed by atoms with Crippen molar-refractivity contribution in [2.75, 3.05) is 19.8 Å². The molecule has 0 atom stereocenters. The predicted octanol–water partition coefficient (Wildman–Crippen LogP) is 0.811. The van der Waals surface area contributed by atoms with E-state index in [1.54, 1.807) is 0 Å². The lowest BCUT2D eigenvalue weighted by Gasteiger charge is -2.04. The third-order valence-electron chi connectivity index (χ3n) is 1.78. The minimum Gasteiger partial charge on any atom is -0.466 e. The molecular weight excluding hydrogens is 212 g/mol. The minimum atomic E-state index is -0.546. The van der Waals surface area contributed by atoms with E-state index in [0.717, 1.165) is 18.9 Å². The summed E-state index contributed by atoms with van der Waals surface area (Å²) in [7, 11) is 0. The molecule has 0 radical (unpaired) electrons. The van der Waals surface area contributed by atoms with E-state index >= 15 is 0 Å². The Morgan fingerprint density at radius 3 is 2.50 bits per heavy atom. The summed E-state index contributed by atoms with van der Waals surface area (Å²) >= 11 is 0. The summed E-state index contributed by atoms with van der Waals surface area (Å²) in [5, 5.41) is 8.50. The van der Waals surface area contributed by atoms with E-state index in [1.807, 2.05) is 0 Å². The number of aliphatic hydroxyl groups excluding tert-OH is 1. The first kappa shape index (κ1) is 14.6. The molecule has 0 spiro atoms. The summed E-state index contributed by atoms with van der Waals surface area (Å²) in [5.74, 6) is -0.934. The number of carbonyl (C=O) groups excluding carboxylic acids is 2. The highest BCUT2D eigenvalue weighted by atomic mass is 16.5. The molecular formula is C11H18O5. The van der Waals surface area contributed by atoms with Gasteiger partial charge in [0.15, 0.2) is 0 Å². The molecule has 0 fully saturated rings. The third-order valence-corrected chi connectivity index (χ3v) is 1.78. The zero-order valence-corrected chi connectivity index (χ0v) is 9.31. The Bertz CT molecular complexity index is 224. The maximum atomic E-state index is 11.1. The van der Waals surface area contributed by atoms with Crippen molar-refractivity contribution in [1.82, 2.24) is 0 Å². The van der Waals surface area contributed by atoms with Crippen molar-refractivity contribution in [1.29, 1.82) is 0 Å². The molecule has 5 heteroatoms. The molecule has 0 aliphatic carbocycles. The number of rotatable bonds is 9. The largest absolute Gasteiger partial charge is 0.466 e. The molecule has 0 saturated heterocycles.